The molecule has 6 atom stereocenters. The van der Waals surface area contributed by atoms with E-state index in [0.29, 0.717) is 0 Å². The van der Waals surface area contributed by atoms with Gasteiger partial charge in [-0.1, -0.05) is 52.0 Å². The lowest BCUT2D eigenvalue weighted by molar-refractivity contribution is -0.0298. The third kappa shape index (κ3) is 5.40. The topological polar surface area (TPSA) is 100 Å². The molecular formula is C34H38N8. The highest BCUT2D eigenvalue weighted by Gasteiger charge is 2.60. The van der Waals surface area contributed by atoms with Gasteiger partial charge < -0.3 is 10.6 Å². The Kier molecular flexibility index (Phi) is 7.75. The summed E-state index contributed by atoms with van der Waals surface area (Å²) in [5.41, 5.74) is 3.07. The van der Waals surface area contributed by atoms with Crippen LogP contribution in [0, 0.1) is 10.8 Å². The van der Waals surface area contributed by atoms with Gasteiger partial charge in [-0.05, 0) is 48.5 Å². The summed E-state index contributed by atoms with van der Waals surface area (Å²) in [6, 6.07) is 23.7. The van der Waals surface area contributed by atoms with E-state index in [1.807, 2.05) is 85.5 Å². The molecule has 0 radical (unpaired) electrons. The highest BCUT2D eigenvalue weighted by atomic mass is 15.2. The molecule has 214 valence electrons. The summed E-state index contributed by atoms with van der Waals surface area (Å²) in [4.78, 5) is 29.0. The van der Waals surface area contributed by atoms with E-state index in [-0.39, 0.29) is 47.1 Å². The van der Waals surface area contributed by atoms with Gasteiger partial charge in [-0.3, -0.25) is 29.9 Å². The molecule has 0 aromatic carbocycles. The summed E-state index contributed by atoms with van der Waals surface area (Å²) in [5.74, 6) is 0. The van der Waals surface area contributed by atoms with Crippen LogP contribution in [0.25, 0.3) is 0 Å². The van der Waals surface area contributed by atoms with Gasteiger partial charge in [-0.25, -0.2) is 0 Å². The first-order valence-electron chi connectivity index (χ1n) is 14.6. The number of aromatic nitrogens is 4. The number of hydrogen-bond donors (Lipinski definition) is 2. The van der Waals surface area contributed by atoms with Crippen LogP contribution in [0.1, 0.15) is 62.6 Å². The Bertz CT molecular complexity index is 1390. The van der Waals surface area contributed by atoms with Crippen molar-refractivity contribution in [1.82, 2.24) is 30.6 Å². The van der Waals surface area contributed by atoms with Crippen LogP contribution in [0.3, 0.4) is 0 Å². The average Bonchev–Trinajstić information content (AvgIpc) is 3.01. The van der Waals surface area contributed by atoms with Gasteiger partial charge in [0.1, 0.15) is 0 Å². The van der Waals surface area contributed by atoms with Crippen LogP contribution in [0.15, 0.2) is 108 Å². The fourth-order valence-electron chi connectivity index (χ4n) is 6.67. The molecule has 8 heteroatoms. The summed E-state index contributed by atoms with van der Waals surface area (Å²) in [6.45, 7) is 9.27. The molecule has 0 saturated carbocycles. The van der Waals surface area contributed by atoms with Crippen molar-refractivity contribution in [3.8, 4) is 0 Å². The molecule has 0 spiro atoms. The smallest absolute Gasteiger partial charge is 0.0807 e. The molecule has 2 N–H and O–H groups in total. The summed E-state index contributed by atoms with van der Waals surface area (Å²) in [7, 11) is 0. The number of aliphatic imine (C=N–C) groups is 2. The predicted octanol–water partition coefficient (Wildman–Crippen LogP) is 5.02. The minimum atomic E-state index is -0.274. The predicted molar refractivity (Wildman–Crippen MR) is 167 cm³/mol. The van der Waals surface area contributed by atoms with Crippen LogP contribution in [0.2, 0.25) is 0 Å². The molecule has 42 heavy (non-hydrogen) atoms. The quantitative estimate of drug-likeness (QED) is 0.323. The maximum atomic E-state index is 5.21. The van der Waals surface area contributed by atoms with E-state index in [2.05, 4.69) is 60.4 Å². The third-order valence-corrected chi connectivity index (χ3v) is 8.93. The maximum Gasteiger partial charge on any atom is 0.0807 e. The van der Waals surface area contributed by atoms with E-state index in [9.17, 15) is 0 Å². The van der Waals surface area contributed by atoms with Crippen molar-refractivity contribution in [1.29, 1.82) is 0 Å². The normalized spacial score (nSPS) is 28.5. The molecule has 2 fully saturated rings. The molecule has 6 heterocycles. The van der Waals surface area contributed by atoms with Crippen LogP contribution in [0.4, 0.5) is 0 Å². The number of piperidine rings is 2. The molecule has 2 aliphatic heterocycles. The number of nitrogens with one attached hydrogen (secondary N) is 2. The van der Waals surface area contributed by atoms with Crippen molar-refractivity contribution in [2.24, 2.45) is 20.8 Å². The van der Waals surface area contributed by atoms with Crippen LogP contribution in [-0.2, 0) is 0 Å². The lowest BCUT2D eigenvalue weighted by Crippen LogP contribution is -2.75. The Morgan fingerprint density at radius 2 is 0.929 bits per heavy atom. The Hall–Kier alpha value is -4.14. The molecule has 6 rings (SSSR count). The summed E-state index contributed by atoms with van der Waals surface area (Å²) >= 11 is 0. The van der Waals surface area contributed by atoms with Gasteiger partial charge in [0.15, 0.2) is 0 Å². The zero-order valence-electron chi connectivity index (χ0n) is 24.5. The van der Waals surface area contributed by atoms with Gasteiger partial charge in [-0.2, -0.15) is 0 Å². The van der Waals surface area contributed by atoms with Crippen LogP contribution in [-0.4, -0.2) is 56.5 Å². The lowest BCUT2D eigenvalue weighted by atomic mass is 9.57. The largest absolute Gasteiger partial charge is 0.302 e. The van der Waals surface area contributed by atoms with E-state index < -0.39 is 0 Å². The first-order valence-corrected chi connectivity index (χ1v) is 14.6. The van der Waals surface area contributed by atoms with E-state index in [0.717, 1.165) is 22.8 Å². The fraction of sp³-hybridized carbons (Fsp3) is 0.353. The van der Waals surface area contributed by atoms with Crippen LogP contribution in [0.5, 0.6) is 0 Å². The van der Waals surface area contributed by atoms with E-state index >= 15 is 0 Å². The van der Waals surface area contributed by atoms with Gasteiger partial charge >= 0.3 is 0 Å². The number of pyridine rings is 4. The molecule has 0 unspecified atom stereocenters. The van der Waals surface area contributed by atoms with Crippen molar-refractivity contribution in [3.05, 3.63) is 120 Å². The zero-order valence-corrected chi connectivity index (χ0v) is 24.5. The lowest BCUT2D eigenvalue weighted by Gasteiger charge is -2.61. The first kappa shape index (κ1) is 28.0. The molecule has 8 nitrogen and oxygen atoms in total. The first-order chi connectivity index (χ1) is 20.4. The van der Waals surface area contributed by atoms with Crippen LogP contribution < -0.4 is 10.6 Å². The van der Waals surface area contributed by atoms with Gasteiger partial charge in [0.25, 0.3) is 0 Å². The van der Waals surface area contributed by atoms with Crippen molar-refractivity contribution >= 4 is 12.4 Å². The molecule has 4 aromatic rings. The second kappa shape index (κ2) is 11.6. The van der Waals surface area contributed by atoms with Crippen molar-refractivity contribution in [3.63, 3.8) is 0 Å². The van der Waals surface area contributed by atoms with E-state index in [1.54, 1.807) is 12.4 Å². The number of hydrogen-bond acceptors (Lipinski definition) is 8. The highest BCUT2D eigenvalue weighted by molar-refractivity contribution is 5.77. The molecule has 0 amide bonds. The molecule has 4 aromatic heterocycles. The standard InChI is InChI=1S/C34H38N8/c1-33(2)29(39-21-23-13-5-9-17-35-23)27(25-15-7-11-19-37-25)42-32-31(33)41-28(26-16-8-12-20-38-26)30(34(32,3)4)40-22-24-14-6-10-18-36-24/h5-22,27-32,41-42H,1-4H3/t27-,28-,29+,30+,31-,32-/m0/s1. The van der Waals surface area contributed by atoms with Crippen molar-refractivity contribution < 1.29 is 0 Å². The molecular weight excluding hydrogens is 520 g/mol. The minimum absolute atomic E-state index is 0.0617. The van der Waals surface area contributed by atoms with Crippen molar-refractivity contribution in [2.45, 2.75) is 63.9 Å². The summed E-state index contributed by atoms with van der Waals surface area (Å²) in [6.07, 6.45) is 11.1. The highest BCUT2D eigenvalue weighted by Crippen LogP contribution is 2.51. The molecule has 2 saturated heterocycles. The van der Waals surface area contributed by atoms with E-state index in [4.69, 9.17) is 20.0 Å². The second-order valence-corrected chi connectivity index (χ2v) is 12.4. The summed E-state index contributed by atoms with van der Waals surface area (Å²) in [5, 5.41) is 8.07. The van der Waals surface area contributed by atoms with Gasteiger partial charge in [0.2, 0.25) is 0 Å². The van der Waals surface area contributed by atoms with Crippen LogP contribution >= 0.6 is 0 Å². The third-order valence-electron chi connectivity index (χ3n) is 8.93. The Morgan fingerprint density at radius 1 is 0.548 bits per heavy atom. The minimum Gasteiger partial charge on any atom is -0.302 e. The maximum absolute atomic E-state index is 5.21. The monoisotopic (exact) mass is 558 g/mol. The number of fused-ring (bicyclic) bond motifs is 1. The Labute approximate surface area is 247 Å². The second-order valence-electron chi connectivity index (χ2n) is 12.4. The number of nitrogens with zero attached hydrogens (tertiary/aromatic N) is 6. The molecule has 0 bridgehead atoms. The molecule has 0 aliphatic carbocycles. The SMILES string of the molecule is CC1(C)[C@H](N=Cc2ccccn2)[C@H](c2ccccn2)N[C@H]2[C@@H]1N[C@@H](c1ccccn1)[C@@H](N=Cc1ccccn1)C2(C)C. The number of rotatable bonds is 6. The van der Waals surface area contributed by atoms with Crippen molar-refractivity contribution in [2.75, 3.05) is 0 Å². The molecule has 2 aliphatic rings. The average molecular weight is 559 g/mol. The summed E-state index contributed by atoms with van der Waals surface area (Å²) < 4.78 is 0. The fourth-order valence-corrected chi connectivity index (χ4v) is 6.67. The Balaban J connectivity index is 1.44. The van der Waals surface area contributed by atoms with Gasteiger partial charge in [0, 0.05) is 60.1 Å². The Morgan fingerprint density at radius 3 is 1.26 bits per heavy atom. The van der Waals surface area contributed by atoms with Gasteiger partial charge in [0.05, 0.1) is 46.9 Å². The van der Waals surface area contributed by atoms with Gasteiger partial charge in [-0.15, -0.1) is 0 Å². The zero-order chi connectivity index (χ0) is 29.2. The van der Waals surface area contributed by atoms with E-state index in [1.165, 1.54) is 0 Å².